The van der Waals surface area contributed by atoms with Crippen molar-refractivity contribution in [1.29, 1.82) is 0 Å². The number of tetrazole rings is 1. The highest BCUT2D eigenvalue weighted by molar-refractivity contribution is 5.97. The van der Waals surface area contributed by atoms with Crippen LogP contribution >= 0.6 is 0 Å². The van der Waals surface area contributed by atoms with Gasteiger partial charge in [-0.05, 0) is 44.9 Å². The van der Waals surface area contributed by atoms with E-state index in [1.807, 2.05) is 51.1 Å². The summed E-state index contributed by atoms with van der Waals surface area (Å²) in [5, 5.41) is 12.5. The maximum atomic E-state index is 12.9. The molecular weight excluding hydrogens is 354 g/mol. The summed E-state index contributed by atoms with van der Waals surface area (Å²) in [6, 6.07) is 9.87. The molecule has 1 aliphatic heterocycles. The van der Waals surface area contributed by atoms with Crippen molar-refractivity contribution in [2.45, 2.75) is 52.8 Å². The summed E-state index contributed by atoms with van der Waals surface area (Å²) in [5.74, 6) is 0.510. The number of ether oxygens (including phenoxy) is 1. The second kappa shape index (κ2) is 7.67. The van der Waals surface area contributed by atoms with E-state index in [0.717, 1.165) is 42.9 Å². The molecule has 146 valence electrons. The SMILES string of the molecule is Cc1ccc(-c2nnn(CC(=O)c3cc(C)n(C[C@@H]4CCCO4)c3C)n2)cc1. The average Bonchev–Trinajstić information content (AvgIpc) is 3.40. The molecule has 0 spiro atoms. The highest BCUT2D eigenvalue weighted by atomic mass is 16.5. The Bertz CT molecular complexity index is 981. The van der Waals surface area contributed by atoms with Crippen LogP contribution in [0.25, 0.3) is 11.4 Å². The van der Waals surface area contributed by atoms with Gasteiger partial charge in [0.1, 0.15) is 6.54 Å². The number of aromatic nitrogens is 5. The van der Waals surface area contributed by atoms with Gasteiger partial charge in [0.05, 0.1) is 6.10 Å². The Kier molecular flexibility index (Phi) is 5.09. The lowest BCUT2D eigenvalue weighted by Gasteiger charge is -2.14. The second-order valence-electron chi connectivity index (χ2n) is 7.46. The summed E-state index contributed by atoms with van der Waals surface area (Å²) in [7, 11) is 0. The zero-order valence-corrected chi connectivity index (χ0v) is 16.6. The Hall–Kier alpha value is -2.80. The normalized spacial score (nSPS) is 16.6. The van der Waals surface area contributed by atoms with Gasteiger partial charge >= 0.3 is 0 Å². The molecule has 4 rings (SSSR count). The van der Waals surface area contributed by atoms with Gasteiger partial charge < -0.3 is 9.30 Å². The van der Waals surface area contributed by atoms with Crippen LogP contribution in [-0.4, -0.2) is 43.3 Å². The van der Waals surface area contributed by atoms with E-state index < -0.39 is 0 Å². The van der Waals surface area contributed by atoms with Crippen LogP contribution in [0.3, 0.4) is 0 Å². The monoisotopic (exact) mass is 379 g/mol. The number of hydrogen-bond donors (Lipinski definition) is 0. The predicted molar refractivity (Wildman–Crippen MR) is 105 cm³/mol. The zero-order valence-electron chi connectivity index (χ0n) is 16.6. The zero-order chi connectivity index (χ0) is 19.7. The van der Waals surface area contributed by atoms with Gasteiger partial charge in [-0.3, -0.25) is 4.79 Å². The van der Waals surface area contributed by atoms with Gasteiger partial charge in [-0.2, -0.15) is 4.80 Å². The first-order valence-corrected chi connectivity index (χ1v) is 9.67. The third kappa shape index (κ3) is 3.75. The lowest BCUT2D eigenvalue weighted by Crippen LogP contribution is -2.18. The molecular formula is C21H25N5O2. The molecule has 7 heteroatoms. The first kappa shape index (κ1) is 18.6. The first-order chi connectivity index (χ1) is 13.5. The highest BCUT2D eigenvalue weighted by Gasteiger charge is 2.21. The Morgan fingerprint density at radius 1 is 1.21 bits per heavy atom. The lowest BCUT2D eigenvalue weighted by molar-refractivity contribution is 0.0943. The molecule has 0 radical (unpaired) electrons. The fourth-order valence-electron chi connectivity index (χ4n) is 3.70. The van der Waals surface area contributed by atoms with Crippen LogP contribution in [0.1, 0.15) is 40.2 Å². The van der Waals surface area contributed by atoms with Crippen molar-refractivity contribution < 1.29 is 9.53 Å². The van der Waals surface area contributed by atoms with Crippen molar-refractivity contribution in [3.05, 3.63) is 52.8 Å². The minimum Gasteiger partial charge on any atom is -0.376 e. The molecule has 28 heavy (non-hydrogen) atoms. The van der Waals surface area contributed by atoms with Crippen LogP contribution in [0.5, 0.6) is 0 Å². The second-order valence-corrected chi connectivity index (χ2v) is 7.46. The van der Waals surface area contributed by atoms with Crippen LogP contribution < -0.4 is 0 Å². The van der Waals surface area contributed by atoms with Crippen molar-refractivity contribution in [1.82, 2.24) is 24.8 Å². The maximum absolute atomic E-state index is 12.9. The number of aryl methyl sites for hydroxylation is 2. The van der Waals surface area contributed by atoms with Gasteiger partial charge in [0.15, 0.2) is 5.78 Å². The van der Waals surface area contributed by atoms with Crippen molar-refractivity contribution >= 4 is 5.78 Å². The fraction of sp³-hybridized carbons (Fsp3) is 0.429. The number of carbonyl (C=O) groups excluding carboxylic acids is 1. The number of Topliss-reactive ketones (excluding diaryl/α,β-unsaturated/α-hetero) is 1. The van der Waals surface area contributed by atoms with Crippen LogP contribution in [-0.2, 0) is 17.8 Å². The van der Waals surface area contributed by atoms with Gasteiger partial charge in [0.25, 0.3) is 0 Å². The van der Waals surface area contributed by atoms with Crippen LogP contribution in [0.15, 0.2) is 30.3 Å². The number of rotatable bonds is 6. The van der Waals surface area contributed by atoms with E-state index in [4.69, 9.17) is 4.74 Å². The van der Waals surface area contributed by atoms with E-state index in [0.29, 0.717) is 11.4 Å². The smallest absolute Gasteiger partial charge is 0.204 e. The molecule has 0 N–H and O–H groups in total. The third-order valence-electron chi connectivity index (χ3n) is 5.33. The number of carbonyl (C=O) groups is 1. The van der Waals surface area contributed by atoms with Gasteiger partial charge in [-0.25, -0.2) is 0 Å². The first-order valence-electron chi connectivity index (χ1n) is 9.67. The summed E-state index contributed by atoms with van der Waals surface area (Å²) in [6.45, 7) is 7.75. The minimum absolute atomic E-state index is 0.0143. The van der Waals surface area contributed by atoms with Crippen LogP contribution in [0.2, 0.25) is 0 Å². The molecule has 3 aromatic rings. The van der Waals surface area contributed by atoms with E-state index in [1.165, 1.54) is 10.4 Å². The molecule has 2 aromatic heterocycles. The Labute approximate surface area is 164 Å². The molecule has 1 fully saturated rings. The molecule has 0 bridgehead atoms. The highest BCUT2D eigenvalue weighted by Crippen LogP contribution is 2.21. The van der Waals surface area contributed by atoms with E-state index in [2.05, 4.69) is 20.0 Å². The number of nitrogens with zero attached hydrogens (tertiary/aromatic N) is 5. The van der Waals surface area contributed by atoms with Gasteiger partial charge in [-0.15, -0.1) is 10.2 Å². The van der Waals surface area contributed by atoms with Crippen LogP contribution in [0.4, 0.5) is 0 Å². The Morgan fingerprint density at radius 3 is 2.71 bits per heavy atom. The quantitative estimate of drug-likeness (QED) is 0.615. The summed E-state index contributed by atoms with van der Waals surface area (Å²) < 4.78 is 7.92. The van der Waals surface area contributed by atoms with Crippen molar-refractivity contribution in [2.24, 2.45) is 0 Å². The molecule has 0 aliphatic carbocycles. The lowest BCUT2D eigenvalue weighted by atomic mass is 10.1. The summed E-state index contributed by atoms with van der Waals surface area (Å²) in [5.41, 5.74) is 4.81. The molecule has 7 nitrogen and oxygen atoms in total. The van der Waals surface area contributed by atoms with E-state index >= 15 is 0 Å². The molecule has 0 amide bonds. The number of hydrogen-bond acceptors (Lipinski definition) is 5. The standard InChI is InChI=1S/C21H25N5O2/c1-14-6-8-17(9-7-14)21-22-24-26(23-21)13-20(27)19-11-15(2)25(16(19)3)12-18-5-4-10-28-18/h6-9,11,18H,4-5,10,12-13H2,1-3H3/t18-/m0/s1. The Balaban J connectivity index is 1.49. The summed E-state index contributed by atoms with van der Waals surface area (Å²) in [4.78, 5) is 14.2. The van der Waals surface area contributed by atoms with E-state index in [9.17, 15) is 4.79 Å². The molecule has 1 atom stereocenters. The molecule has 0 unspecified atom stereocenters. The summed E-state index contributed by atoms with van der Waals surface area (Å²) in [6.07, 6.45) is 2.42. The molecule has 1 aromatic carbocycles. The van der Waals surface area contributed by atoms with E-state index in [-0.39, 0.29) is 18.4 Å². The molecule has 0 saturated carbocycles. The van der Waals surface area contributed by atoms with Gasteiger partial charge in [0.2, 0.25) is 5.82 Å². The topological polar surface area (TPSA) is 74.8 Å². The average molecular weight is 379 g/mol. The van der Waals surface area contributed by atoms with Gasteiger partial charge in [-0.1, -0.05) is 29.8 Å². The summed E-state index contributed by atoms with van der Waals surface area (Å²) >= 11 is 0. The van der Waals surface area contributed by atoms with Crippen LogP contribution in [0, 0.1) is 20.8 Å². The molecule has 3 heterocycles. The van der Waals surface area contributed by atoms with Crippen molar-refractivity contribution in [3.63, 3.8) is 0 Å². The third-order valence-corrected chi connectivity index (χ3v) is 5.33. The fourth-order valence-corrected chi connectivity index (χ4v) is 3.70. The van der Waals surface area contributed by atoms with Crippen molar-refractivity contribution in [2.75, 3.05) is 6.61 Å². The number of ketones is 1. The predicted octanol–water partition coefficient (Wildman–Crippen LogP) is 3.13. The maximum Gasteiger partial charge on any atom is 0.204 e. The van der Waals surface area contributed by atoms with Gasteiger partial charge in [0, 0.05) is 35.7 Å². The Morgan fingerprint density at radius 2 is 2.00 bits per heavy atom. The van der Waals surface area contributed by atoms with E-state index in [1.54, 1.807) is 0 Å². The van der Waals surface area contributed by atoms with Crippen molar-refractivity contribution in [3.8, 4) is 11.4 Å². The molecule has 1 aliphatic rings. The largest absolute Gasteiger partial charge is 0.376 e. The molecule has 1 saturated heterocycles. The minimum atomic E-state index is -0.0143. The number of benzene rings is 1.